The van der Waals surface area contributed by atoms with Gasteiger partial charge in [0.25, 0.3) is 0 Å². The molecule has 4 heteroatoms. The molecule has 138 valence electrons. The lowest BCUT2D eigenvalue weighted by Crippen LogP contribution is -2.48. The molecule has 2 heterocycles. The molecule has 0 bridgehead atoms. The fourth-order valence-corrected chi connectivity index (χ4v) is 4.09. The van der Waals surface area contributed by atoms with E-state index < -0.39 is 11.7 Å². The van der Waals surface area contributed by atoms with Crippen molar-refractivity contribution in [2.45, 2.75) is 77.6 Å². The lowest BCUT2D eigenvalue weighted by atomic mass is 9.78. The summed E-state index contributed by atoms with van der Waals surface area (Å²) < 4.78 is 12.3. The molecule has 1 fully saturated rings. The first-order valence-corrected chi connectivity index (χ1v) is 9.37. The Balaban J connectivity index is 1.75. The highest BCUT2D eigenvalue weighted by Crippen LogP contribution is 2.47. The minimum absolute atomic E-state index is 0.118. The number of hydrogen-bond donors (Lipinski definition) is 1. The van der Waals surface area contributed by atoms with E-state index in [9.17, 15) is 9.90 Å². The lowest BCUT2D eigenvalue weighted by Gasteiger charge is -2.42. The normalized spacial score (nSPS) is 35.2. The van der Waals surface area contributed by atoms with Crippen molar-refractivity contribution in [3.05, 3.63) is 34.6 Å². The molecule has 0 aromatic carbocycles. The lowest BCUT2D eigenvalue weighted by molar-refractivity contribution is -0.130. The summed E-state index contributed by atoms with van der Waals surface area (Å²) in [7, 11) is 0. The molecule has 1 saturated heterocycles. The summed E-state index contributed by atoms with van der Waals surface area (Å²) in [5, 5.41) is 9.82. The Morgan fingerprint density at radius 1 is 1.36 bits per heavy atom. The van der Waals surface area contributed by atoms with E-state index in [1.807, 2.05) is 0 Å². The van der Waals surface area contributed by atoms with Crippen LogP contribution in [0.5, 0.6) is 0 Å². The molecule has 4 atom stereocenters. The number of aliphatic hydroxyl groups is 1. The second-order valence-corrected chi connectivity index (χ2v) is 8.07. The van der Waals surface area contributed by atoms with Gasteiger partial charge in [-0.3, -0.25) is 4.79 Å². The Morgan fingerprint density at radius 3 is 2.84 bits per heavy atom. The molecule has 1 N–H and O–H groups in total. The molecule has 4 unspecified atom stereocenters. The van der Waals surface area contributed by atoms with Crippen LogP contribution in [-0.4, -0.2) is 35.3 Å². The van der Waals surface area contributed by atoms with Gasteiger partial charge in [-0.2, -0.15) is 0 Å². The number of ketones is 1. The summed E-state index contributed by atoms with van der Waals surface area (Å²) in [5.74, 6) is 0.796. The van der Waals surface area contributed by atoms with Gasteiger partial charge in [-0.15, -0.1) is 0 Å². The summed E-state index contributed by atoms with van der Waals surface area (Å²) in [6.45, 7) is 9.15. The van der Waals surface area contributed by atoms with Crippen LogP contribution in [0.25, 0.3) is 0 Å². The highest BCUT2D eigenvalue weighted by molar-refractivity contribution is 6.00. The predicted octanol–water partition coefficient (Wildman–Crippen LogP) is 3.85. The predicted molar refractivity (Wildman–Crippen MR) is 97.0 cm³/mol. The summed E-state index contributed by atoms with van der Waals surface area (Å²) in [4.78, 5) is 12.2. The van der Waals surface area contributed by atoms with Gasteiger partial charge in [-0.05, 0) is 47.0 Å². The standard InChI is InChI=1S/C21H30O4/c1-13(2)6-5-7-14(3)10-15-12-24-19-11-16-18(25-21(15,19)4)9-8-17(22)20(16)23/h6,10,15,17,19,22H,5,7-9,11-12H2,1-4H3. The number of allylic oxidation sites excluding steroid dienone is 4. The van der Waals surface area contributed by atoms with Crippen LogP contribution in [0.2, 0.25) is 0 Å². The van der Waals surface area contributed by atoms with E-state index in [1.54, 1.807) is 0 Å². The zero-order valence-corrected chi connectivity index (χ0v) is 15.8. The highest BCUT2D eigenvalue weighted by Gasteiger charge is 2.54. The topological polar surface area (TPSA) is 55.8 Å². The molecule has 3 aliphatic rings. The Labute approximate surface area is 150 Å². The summed E-state index contributed by atoms with van der Waals surface area (Å²) >= 11 is 0. The number of Topliss-reactive ketones (excluding diaryl/α,β-unsaturated/α-hetero) is 1. The summed E-state index contributed by atoms with van der Waals surface area (Å²) in [6.07, 6.45) is 7.32. The number of fused-ring (bicyclic) bond motifs is 1. The van der Waals surface area contributed by atoms with Crippen molar-refractivity contribution in [3.8, 4) is 0 Å². The van der Waals surface area contributed by atoms with E-state index in [2.05, 4.69) is 39.8 Å². The van der Waals surface area contributed by atoms with E-state index in [1.165, 1.54) is 11.1 Å². The van der Waals surface area contributed by atoms with E-state index >= 15 is 0 Å². The zero-order valence-electron chi connectivity index (χ0n) is 15.8. The average molecular weight is 346 g/mol. The number of ether oxygens (including phenoxy) is 2. The van der Waals surface area contributed by atoms with Crippen LogP contribution in [0.15, 0.2) is 34.6 Å². The Hall–Kier alpha value is -1.39. The van der Waals surface area contributed by atoms with Crippen molar-refractivity contribution in [3.63, 3.8) is 0 Å². The minimum Gasteiger partial charge on any atom is -0.488 e. The number of carbonyl (C=O) groups excluding carboxylic acids is 1. The first-order valence-electron chi connectivity index (χ1n) is 9.37. The Morgan fingerprint density at radius 2 is 2.12 bits per heavy atom. The van der Waals surface area contributed by atoms with Gasteiger partial charge in [-0.25, -0.2) is 0 Å². The van der Waals surface area contributed by atoms with E-state index in [0.717, 1.165) is 18.6 Å². The fraction of sp³-hybridized carbons (Fsp3) is 0.667. The van der Waals surface area contributed by atoms with Crippen LogP contribution in [0.1, 0.15) is 59.8 Å². The third-order valence-electron chi connectivity index (χ3n) is 5.74. The van der Waals surface area contributed by atoms with Gasteiger partial charge >= 0.3 is 0 Å². The zero-order chi connectivity index (χ0) is 18.2. The molecule has 25 heavy (non-hydrogen) atoms. The molecule has 0 saturated carbocycles. The van der Waals surface area contributed by atoms with Crippen molar-refractivity contribution >= 4 is 5.78 Å². The quantitative estimate of drug-likeness (QED) is 0.786. The SMILES string of the molecule is CC(C)=CCCC(C)=CC1COC2CC3=C(CCC(O)C3=O)OC12C. The maximum Gasteiger partial charge on any atom is 0.190 e. The number of carbonyl (C=O) groups is 1. The molecule has 0 spiro atoms. The Bertz CT molecular complexity index is 638. The van der Waals surface area contributed by atoms with Gasteiger partial charge in [0.05, 0.1) is 6.61 Å². The van der Waals surface area contributed by atoms with Gasteiger partial charge in [0.1, 0.15) is 23.6 Å². The maximum absolute atomic E-state index is 12.2. The molecule has 2 aliphatic heterocycles. The van der Waals surface area contributed by atoms with Gasteiger partial charge in [0, 0.05) is 24.3 Å². The van der Waals surface area contributed by atoms with Crippen LogP contribution >= 0.6 is 0 Å². The van der Waals surface area contributed by atoms with Crippen molar-refractivity contribution in [2.24, 2.45) is 5.92 Å². The van der Waals surface area contributed by atoms with Gasteiger partial charge < -0.3 is 14.6 Å². The minimum atomic E-state index is -0.874. The Kier molecular flexibility index (Phi) is 5.21. The molecule has 0 amide bonds. The highest BCUT2D eigenvalue weighted by atomic mass is 16.6. The van der Waals surface area contributed by atoms with Crippen LogP contribution in [0.3, 0.4) is 0 Å². The molecule has 3 rings (SSSR count). The van der Waals surface area contributed by atoms with Gasteiger partial charge in [0.15, 0.2) is 5.78 Å². The van der Waals surface area contributed by atoms with Crippen molar-refractivity contribution in [1.82, 2.24) is 0 Å². The number of hydrogen-bond acceptors (Lipinski definition) is 4. The van der Waals surface area contributed by atoms with E-state index in [0.29, 0.717) is 31.4 Å². The second kappa shape index (κ2) is 7.08. The van der Waals surface area contributed by atoms with Crippen LogP contribution in [0, 0.1) is 5.92 Å². The van der Waals surface area contributed by atoms with Crippen molar-refractivity contribution in [2.75, 3.05) is 6.61 Å². The molecular weight excluding hydrogens is 316 g/mol. The van der Waals surface area contributed by atoms with Crippen LogP contribution < -0.4 is 0 Å². The van der Waals surface area contributed by atoms with Crippen LogP contribution in [-0.2, 0) is 14.3 Å². The first-order chi connectivity index (χ1) is 11.8. The third-order valence-corrected chi connectivity index (χ3v) is 5.74. The average Bonchev–Trinajstić information content (AvgIpc) is 2.85. The largest absolute Gasteiger partial charge is 0.488 e. The second-order valence-electron chi connectivity index (χ2n) is 8.07. The molecule has 1 aliphatic carbocycles. The van der Waals surface area contributed by atoms with E-state index in [-0.39, 0.29) is 17.8 Å². The molecule has 0 aromatic heterocycles. The monoisotopic (exact) mass is 346 g/mol. The van der Waals surface area contributed by atoms with Crippen LogP contribution in [0.4, 0.5) is 0 Å². The smallest absolute Gasteiger partial charge is 0.190 e. The number of rotatable bonds is 4. The molecule has 0 aromatic rings. The molecule has 0 radical (unpaired) electrons. The molecule has 4 nitrogen and oxygen atoms in total. The van der Waals surface area contributed by atoms with Crippen molar-refractivity contribution in [1.29, 1.82) is 0 Å². The summed E-state index contributed by atoms with van der Waals surface area (Å²) in [5.41, 5.74) is 2.93. The summed E-state index contributed by atoms with van der Waals surface area (Å²) in [6, 6.07) is 0. The first kappa shape index (κ1) is 18.4. The number of aliphatic hydroxyl groups excluding tert-OH is 1. The van der Waals surface area contributed by atoms with E-state index in [4.69, 9.17) is 9.47 Å². The van der Waals surface area contributed by atoms with Gasteiger partial charge in [-0.1, -0.05) is 23.3 Å². The maximum atomic E-state index is 12.2. The third kappa shape index (κ3) is 3.61. The fourth-order valence-electron chi connectivity index (χ4n) is 4.09. The molecular formula is C21H30O4. The van der Waals surface area contributed by atoms with Crippen molar-refractivity contribution < 1.29 is 19.4 Å². The van der Waals surface area contributed by atoms with Gasteiger partial charge in [0.2, 0.25) is 0 Å².